The van der Waals surface area contributed by atoms with Gasteiger partial charge in [-0.3, -0.25) is 4.79 Å². The van der Waals surface area contributed by atoms with Crippen molar-refractivity contribution < 1.29 is 27.5 Å². The van der Waals surface area contributed by atoms with Crippen molar-refractivity contribution in [1.29, 1.82) is 0 Å². The maximum Gasteiger partial charge on any atom is 0.422 e. The van der Waals surface area contributed by atoms with Gasteiger partial charge in [0.15, 0.2) is 6.61 Å². The first kappa shape index (κ1) is 15.7. The third-order valence-corrected chi connectivity index (χ3v) is 1.97. The van der Waals surface area contributed by atoms with Crippen LogP contribution >= 0.6 is 0 Å². The summed E-state index contributed by atoms with van der Waals surface area (Å²) in [6, 6.07) is -0.960. The highest BCUT2D eigenvalue weighted by Gasteiger charge is 2.32. The number of rotatable bonds is 3. The summed E-state index contributed by atoms with van der Waals surface area (Å²) >= 11 is 0. The number of halogens is 3. The maximum absolute atomic E-state index is 11.8. The minimum absolute atomic E-state index is 0.236. The fraction of sp³-hybridized carbons (Fsp3) is 0.778. The molecule has 100 valence electrons. The molecular formula is C9H15F3N2O3. The van der Waals surface area contributed by atoms with Crippen LogP contribution in [-0.2, 0) is 9.53 Å². The normalized spacial score (nSPS) is 13.4. The van der Waals surface area contributed by atoms with Crippen molar-refractivity contribution in [1.82, 2.24) is 4.90 Å². The summed E-state index contributed by atoms with van der Waals surface area (Å²) in [5.74, 6) is -1.02. The molecule has 0 aromatic rings. The van der Waals surface area contributed by atoms with Gasteiger partial charge in [-0.1, -0.05) is 13.8 Å². The van der Waals surface area contributed by atoms with Crippen molar-refractivity contribution in [2.45, 2.75) is 26.1 Å². The molecular weight excluding hydrogens is 241 g/mol. The monoisotopic (exact) mass is 256 g/mol. The Morgan fingerprint density at radius 1 is 1.35 bits per heavy atom. The number of amides is 2. The third kappa shape index (κ3) is 5.53. The van der Waals surface area contributed by atoms with Gasteiger partial charge in [-0.05, 0) is 5.92 Å². The van der Waals surface area contributed by atoms with Crippen molar-refractivity contribution in [3.8, 4) is 0 Å². The average molecular weight is 256 g/mol. The average Bonchev–Trinajstić information content (AvgIpc) is 2.21. The molecule has 2 N–H and O–H groups in total. The van der Waals surface area contributed by atoms with E-state index >= 15 is 0 Å². The van der Waals surface area contributed by atoms with Gasteiger partial charge in [0.05, 0.1) is 6.04 Å². The fourth-order valence-electron chi connectivity index (χ4n) is 0.839. The van der Waals surface area contributed by atoms with Gasteiger partial charge in [0.25, 0.3) is 0 Å². The molecule has 0 aliphatic carbocycles. The van der Waals surface area contributed by atoms with Crippen LogP contribution in [0.15, 0.2) is 0 Å². The standard InChI is InChI=1S/C9H15F3N2O3/c1-5(2)6(13)7(15)14(3)8(16)17-4-9(10,11)12/h5-6H,4,13H2,1-3H3/t6-/m0/s1. The third-order valence-electron chi connectivity index (χ3n) is 1.97. The van der Waals surface area contributed by atoms with Crippen LogP contribution < -0.4 is 5.73 Å². The lowest BCUT2D eigenvalue weighted by molar-refractivity contribution is -0.163. The number of hydrogen-bond acceptors (Lipinski definition) is 4. The van der Waals surface area contributed by atoms with E-state index in [2.05, 4.69) is 4.74 Å². The summed E-state index contributed by atoms with van der Waals surface area (Å²) in [6.45, 7) is 1.56. The molecule has 0 rings (SSSR count). The molecule has 0 spiro atoms. The fourth-order valence-corrected chi connectivity index (χ4v) is 0.839. The number of hydrogen-bond donors (Lipinski definition) is 1. The van der Waals surface area contributed by atoms with Crippen molar-refractivity contribution in [2.75, 3.05) is 13.7 Å². The molecule has 0 aliphatic heterocycles. The number of alkyl halides is 3. The Hall–Kier alpha value is -1.31. The van der Waals surface area contributed by atoms with Gasteiger partial charge in [0, 0.05) is 7.05 Å². The molecule has 5 nitrogen and oxygen atoms in total. The second kappa shape index (κ2) is 5.85. The van der Waals surface area contributed by atoms with Gasteiger partial charge in [0.1, 0.15) is 0 Å². The lowest BCUT2D eigenvalue weighted by Crippen LogP contribution is -2.47. The van der Waals surface area contributed by atoms with Gasteiger partial charge in [-0.15, -0.1) is 0 Å². The van der Waals surface area contributed by atoms with E-state index < -0.39 is 30.8 Å². The Balaban J connectivity index is 4.36. The number of imide groups is 1. The van der Waals surface area contributed by atoms with Crippen LogP contribution in [0, 0.1) is 5.92 Å². The molecule has 0 heterocycles. The Morgan fingerprint density at radius 2 is 1.82 bits per heavy atom. The number of carbonyl (C=O) groups excluding carboxylic acids is 2. The number of nitrogens with zero attached hydrogens (tertiary/aromatic N) is 1. The smallest absolute Gasteiger partial charge is 0.422 e. The van der Waals surface area contributed by atoms with Crippen LogP contribution in [0.2, 0.25) is 0 Å². The second-order valence-corrected chi connectivity index (χ2v) is 3.84. The molecule has 0 aromatic carbocycles. The second-order valence-electron chi connectivity index (χ2n) is 3.84. The van der Waals surface area contributed by atoms with Crippen LogP contribution in [0.3, 0.4) is 0 Å². The van der Waals surface area contributed by atoms with Crippen LogP contribution in [0.4, 0.5) is 18.0 Å². The molecule has 0 saturated carbocycles. The highest BCUT2D eigenvalue weighted by molar-refractivity contribution is 5.94. The summed E-state index contributed by atoms with van der Waals surface area (Å²) < 4.78 is 39.2. The predicted octanol–water partition coefficient (Wildman–Crippen LogP) is 1.13. The summed E-state index contributed by atoms with van der Waals surface area (Å²) in [4.78, 5) is 23.0. The van der Waals surface area contributed by atoms with Crippen molar-refractivity contribution in [3.63, 3.8) is 0 Å². The Bertz CT molecular complexity index is 292. The number of carbonyl (C=O) groups is 2. The lowest BCUT2D eigenvalue weighted by atomic mass is 10.0. The first-order chi connectivity index (χ1) is 7.56. The van der Waals surface area contributed by atoms with E-state index in [1.54, 1.807) is 13.8 Å². The zero-order valence-corrected chi connectivity index (χ0v) is 9.75. The predicted molar refractivity (Wildman–Crippen MR) is 53.0 cm³/mol. The number of ether oxygens (including phenoxy) is 1. The van der Waals surface area contributed by atoms with Gasteiger partial charge in [-0.25, -0.2) is 9.69 Å². The molecule has 0 saturated heterocycles. The van der Waals surface area contributed by atoms with Gasteiger partial charge >= 0.3 is 12.3 Å². The Labute approximate surface area is 96.7 Å². The van der Waals surface area contributed by atoms with Crippen LogP contribution in [-0.4, -0.2) is 42.8 Å². The highest BCUT2D eigenvalue weighted by atomic mass is 19.4. The maximum atomic E-state index is 11.8. The van der Waals surface area contributed by atoms with Crippen LogP contribution in [0.5, 0.6) is 0 Å². The summed E-state index contributed by atoms with van der Waals surface area (Å²) in [6.07, 6.45) is -6.00. The van der Waals surface area contributed by atoms with Gasteiger partial charge in [-0.2, -0.15) is 13.2 Å². The van der Waals surface area contributed by atoms with Crippen molar-refractivity contribution >= 4 is 12.0 Å². The van der Waals surface area contributed by atoms with E-state index in [9.17, 15) is 22.8 Å². The largest absolute Gasteiger partial charge is 0.439 e. The molecule has 0 aromatic heterocycles. The van der Waals surface area contributed by atoms with Crippen molar-refractivity contribution in [3.05, 3.63) is 0 Å². The quantitative estimate of drug-likeness (QED) is 0.821. The molecule has 0 aliphatic rings. The van der Waals surface area contributed by atoms with Crippen LogP contribution in [0.25, 0.3) is 0 Å². The van der Waals surface area contributed by atoms with E-state index in [1.165, 1.54) is 0 Å². The summed E-state index contributed by atoms with van der Waals surface area (Å²) in [5, 5.41) is 0. The molecule has 1 atom stereocenters. The topological polar surface area (TPSA) is 72.6 Å². The first-order valence-corrected chi connectivity index (χ1v) is 4.83. The molecule has 0 radical (unpaired) electrons. The molecule has 8 heteroatoms. The zero-order valence-electron chi connectivity index (χ0n) is 9.75. The van der Waals surface area contributed by atoms with E-state index in [0.29, 0.717) is 4.90 Å². The lowest BCUT2D eigenvalue weighted by Gasteiger charge is -2.21. The Kier molecular flexibility index (Phi) is 5.40. The molecule has 0 bridgehead atoms. The Morgan fingerprint density at radius 3 is 2.18 bits per heavy atom. The van der Waals surface area contributed by atoms with Crippen LogP contribution in [0.1, 0.15) is 13.8 Å². The first-order valence-electron chi connectivity index (χ1n) is 4.83. The van der Waals surface area contributed by atoms with Crippen molar-refractivity contribution in [2.24, 2.45) is 11.7 Å². The van der Waals surface area contributed by atoms with E-state index in [4.69, 9.17) is 5.73 Å². The zero-order chi connectivity index (χ0) is 13.8. The summed E-state index contributed by atoms with van der Waals surface area (Å²) in [5.41, 5.74) is 5.46. The molecule has 0 unspecified atom stereocenters. The molecule has 17 heavy (non-hydrogen) atoms. The SMILES string of the molecule is CC(C)[C@H](N)C(=O)N(C)C(=O)OCC(F)(F)F. The van der Waals surface area contributed by atoms with E-state index in [1.807, 2.05) is 0 Å². The minimum Gasteiger partial charge on any atom is -0.439 e. The van der Waals surface area contributed by atoms with Gasteiger partial charge in [0.2, 0.25) is 5.91 Å². The number of likely N-dealkylation sites (N-methyl/N-ethyl adjacent to an activating group) is 1. The number of nitrogens with two attached hydrogens (primary N) is 1. The summed E-state index contributed by atoms with van der Waals surface area (Å²) in [7, 11) is 1.02. The molecule has 2 amide bonds. The minimum atomic E-state index is -4.63. The molecule has 0 fully saturated rings. The van der Waals surface area contributed by atoms with E-state index in [0.717, 1.165) is 7.05 Å². The van der Waals surface area contributed by atoms with Gasteiger partial charge < -0.3 is 10.5 Å². The highest BCUT2D eigenvalue weighted by Crippen LogP contribution is 2.15. The van der Waals surface area contributed by atoms with E-state index in [-0.39, 0.29) is 5.92 Å².